The van der Waals surface area contributed by atoms with Gasteiger partial charge in [-0.25, -0.2) is 0 Å². The van der Waals surface area contributed by atoms with Crippen molar-refractivity contribution in [2.75, 3.05) is 14.2 Å². The number of hydrogen-bond donors (Lipinski definition) is 1. The van der Waals surface area contributed by atoms with Gasteiger partial charge in [0, 0.05) is 9.61 Å². The normalized spacial score (nSPS) is 12.2. The smallest absolute Gasteiger partial charge is 0.118 e. The van der Waals surface area contributed by atoms with Gasteiger partial charge in [-0.1, -0.05) is 24.3 Å². The molecule has 2 rings (SSSR count). The largest absolute Gasteiger partial charge is 0.497 e. The van der Waals surface area contributed by atoms with Crippen molar-refractivity contribution in [2.24, 2.45) is 0 Å². The second-order valence-electron chi connectivity index (χ2n) is 4.78. The Bertz CT molecular complexity index is 539. The molecule has 0 bridgehead atoms. The fraction of sp³-hybridized carbons (Fsp3) is 0.294. The maximum Gasteiger partial charge on any atom is 0.118 e. The van der Waals surface area contributed by atoms with Crippen molar-refractivity contribution in [2.45, 2.75) is 18.9 Å². The highest BCUT2D eigenvalue weighted by Crippen LogP contribution is 2.21. The van der Waals surface area contributed by atoms with Gasteiger partial charge in [0.2, 0.25) is 0 Å². The van der Waals surface area contributed by atoms with Crippen LogP contribution >= 0.6 is 22.6 Å². The quantitative estimate of drug-likeness (QED) is 0.758. The van der Waals surface area contributed by atoms with Gasteiger partial charge in [-0.15, -0.1) is 0 Å². The second-order valence-corrected chi connectivity index (χ2v) is 6.03. The molecule has 2 aromatic carbocycles. The first-order chi connectivity index (χ1) is 9.72. The highest BCUT2D eigenvalue weighted by atomic mass is 127. The van der Waals surface area contributed by atoms with E-state index in [4.69, 9.17) is 4.74 Å². The molecule has 20 heavy (non-hydrogen) atoms. The Morgan fingerprint density at radius 1 is 1.15 bits per heavy atom. The summed E-state index contributed by atoms with van der Waals surface area (Å²) in [6.45, 7) is 0. The summed E-state index contributed by atoms with van der Waals surface area (Å²) in [6, 6.07) is 17.4. The van der Waals surface area contributed by atoms with Crippen molar-refractivity contribution in [1.29, 1.82) is 0 Å². The fourth-order valence-corrected chi connectivity index (χ4v) is 2.87. The van der Waals surface area contributed by atoms with Crippen LogP contribution in [0.15, 0.2) is 48.5 Å². The molecule has 0 spiro atoms. The zero-order chi connectivity index (χ0) is 14.4. The average molecular weight is 381 g/mol. The van der Waals surface area contributed by atoms with Crippen molar-refractivity contribution in [1.82, 2.24) is 5.32 Å². The van der Waals surface area contributed by atoms with E-state index >= 15 is 0 Å². The molecule has 0 heterocycles. The first-order valence-electron chi connectivity index (χ1n) is 6.78. The van der Waals surface area contributed by atoms with Crippen LogP contribution in [0.4, 0.5) is 0 Å². The minimum Gasteiger partial charge on any atom is -0.497 e. The number of nitrogens with one attached hydrogen (secondary N) is 1. The first kappa shape index (κ1) is 15.3. The predicted molar refractivity (Wildman–Crippen MR) is 92.3 cm³/mol. The van der Waals surface area contributed by atoms with Crippen molar-refractivity contribution in [3.63, 3.8) is 0 Å². The molecule has 0 saturated heterocycles. The van der Waals surface area contributed by atoms with E-state index in [1.807, 2.05) is 19.2 Å². The van der Waals surface area contributed by atoms with Crippen LogP contribution in [-0.4, -0.2) is 14.2 Å². The number of benzene rings is 2. The lowest BCUT2D eigenvalue weighted by atomic mass is 9.99. The summed E-state index contributed by atoms with van der Waals surface area (Å²) in [4.78, 5) is 0. The molecule has 1 N–H and O–H groups in total. The zero-order valence-corrected chi connectivity index (χ0v) is 14.1. The Labute approximate surface area is 134 Å². The van der Waals surface area contributed by atoms with Gasteiger partial charge in [0.05, 0.1) is 7.11 Å². The SMILES string of the molecule is CNC(CCc1ccc(OC)cc1)c1cccc(I)c1. The molecule has 0 saturated carbocycles. The van der Waals surface area contributed by atoms with Crippen LogP contribution in [0.3, 0.4) is 0 Å². The van der Waals surface area contributed by atoms with E-state index in [1.165, 1.54) is 14.7 Å². The predicted octanol–water partition coefficient (Wildman–Crippen LogP) is 4.19. The maximum atomic E-state index is 5.19. The molecular formula is C17H20INO. The number of halogens is 1. The second kappa shape index (κ2) is 7.64. The van der Waals surface area contributed by atoms with E-state index in [0.717, 1.165) is 18.6 Å². The lowest BCUT2D eigenvalue weighted by Crippen LogP contribution is -2.17. The van der Waals surface area contributed by atoms with Crippen molar-refractivity contribution in [3.8, 4) is 5.75 Å². The van der Waals surface area contributed by atoms with Crippen molar-refractivity contribution >= 4 is 22.6 Å². The van der Waals surface area contributed by atoms with E-state index in [2.05, 4.69) is 64.3 Å². The Morgan fingerprint density at radius 3 is 2.50 bits per heavy atom. The van der Waals surface area contributed by atoms with Crippen LogP contribution in [0.2, 0.25) is 0 Å². The zero-order valence-electron chi connectivity index (χ0n) is 11.9. The van der Waals surface area contributed by atoms with Gasteiger partial charge in [-0.2, -0.15) is 0 Å². The summed E-state index contributed by atoms with van der Waals surface area (Å²) in [5, 5.41) is 3.41. The molecule has 0 aliphatic heterocycles. The van der Waals surface area contributed by atoms with Gasteiger partial charge in [0.15, 0.2) is 0 Å². The minimum absolute atomic E-state index is 0.395. The van der Waals surface area contributed by atoms with Crippen LogP contribution in [0.25, 0.3) is 0 Å². The van der Waals surface area contributed by atoms with Crippen LogP contribution in [0.5, 0.6) is 5.75 Å². The van der Waals surface area contributed by atoms with E-state index in [0.29, 0.717) is 6.04 Å². The summed E-state index contributed by atoms with van der Waals surface area (Å²) in [5.41, 5.74) is 2.70. The monoisotopic (exact) mass is 381 g/mol. The molecule has 0 aliphatic carbocycles. The minimum atomic E-state index is 0.395. The molecule has 0 aliphatic rings. The topological polar surface area (TPSA) is 21.3 Å². The molecular weight excluding hydrogens is 361 g/mol. The molecule has 1 unspecified atom stereocenters. The Kier molecular flexibility index (Phi) is 5.86. The standard InChI is InChI=1S/C17H20INO/c1-19-17(14-4-3-5-15(18)12-14)11-8-13-6-9-16(20-2)10-7-13/h3-7,9-10,12,17,19H,8,11H2,1-2H3. The van der Waals surface area contributed by atoms with Crippen LogP contribution in [0, 0.1) is 3.57 Å². The highest BCUT2D eigenvalue weighted by Gasteiger charge is 2.09. The maximum absolute atomic E-state index is 5.19. The van der Waals surface area contributed by atoms with Gasteiger partial charge < -0.3 is 10.1 Å². The number of methoxy groups -OCH3 is 1. The van der Waals surface area contributed by atoms with Gasteiger partial charge in [0.1, 0.15) is 5.75 Å². The third-order valence-corrected chi connectivity index (χ3v) is 4.15. The number of ether oxygens (including phenoxy) is 1. The van der Waals surface area contributed by atoms with Crippen molar-refractivity contribution in [3.05, 3.63) is 63.2 Å². The molecule has 106 valence electrons. The molecule has 2 nitrogen and oxygen atoms in total. The van der Waals surface area contributed by atoms with E-state index < -0.39 is 0 Å². The number of aryl methyl sites for hydroxylation is 1. The summed E-state index contributed by atoms with van der Waals surface area (Å²) in [7, 11) is 3.72. The molecule has 1 atom stereocenters. The average Bonchev–Trinajstić information content (AvgIpc) is 2.48. The molecule has 3 heteroatoms. The summed E-state index contributed by atoms with van der Waals surface area (Å²) in [5.74, 6) is 0.913. The number of rotatable bonds is 6. The molecule has 2 aromatic rings. The molecule has 0 amide bonds. The van der Waals surface area contributed by atoms with Gasteiger partial charge >= 0.3 is 0 Å². The van der Waals surface area contributed by atoms with Gasteiger partial charge in [-0.3, -0.25) is 0 Å². The van der Waals surface area contributed by atoms with Gasteiger partial charge in [0.25, 0.3) is 0 Å². The van der Waals surface area contributed by atoms with E-state index in [-0.39, 0.29) is 0 Å². The summed E-state index contributed by atoms with van der Waals surface area (Å²) >= 11 is 2.36. The highest BCUT2D eigenvalue weighted by molar-refractivity contribution is 14.1. The summed E-state index contributed by atoms with van der Waals surface area (Å²) in [6.07, 6.45) is 2.14. The number of hydrogen-bond acceptors (Lipinski definition) is 2. The molecule has 0 radical (unpaired) electrons. The van der Waals surface area contributed by atoms with Crippen LogP contribution < -0.4 is 10.1 Å². The first-order valence-corrected chi connectivity index (χ1v) is 7.86. The molecule has 0 aromatic heterocycles. The lowest BCUT2D eigenvalue weighted by Gasteiger charge is -2.17. The fourth-order valence-electron chi connectivity index (χ4n) is 2.30. The van der Waals surface area contributed by atoms with Crippen LogP contribution in [0.1, 0.15) is 23.6 Å². The third-order valence-electron chi connectivity index (χ3n) is 3.48. The Hall–Kier alpha value is -1.07. The van der Waals surface area contributed by atoms with Gasteiger partial charge in [-0.05, 0) is 77.9 Å². The van der Waals surface area contributed by atoms with E-state index in [1.54, 1.807) is 7.11 Å². The van der Waals surface area contributed by atoms with E-state index in [9.17, 15) is 0 Å². The van der Waals surface area contributed by atoms with Crippen LogP contribution in [-0.2, 0) is 6.42 Å². The van der Waals surface area contributed by atoms with Crippen molar-refractivity contribution < 1.29 is 4.74 Å². The molecule has 0 fully saturated rings. The Balaban J connectivity index is 1.99. The summed E-state index contributed by atoms with van der Waals surface area (Å²) < 4.78 is 6.47. The lowest BCUT2D eigenvalue weighted by molar-refractivity contribution is 0.414. The third kappa shape index (κ3) is 4.21. The Morgan fingerprint density at radius 2 is 1.90 bits per heavy atom.